The molecule has 7 rings (SSSR count). The molecule has 0 N–H and O–H groups in total. The van der Waals surface area contributed by atoms with Crippen LogP contribution in [0.3, 0.4) is 0 Å². The van der Waals surface area contributed by atoms with E-state index in [1.165, 1.54) is 27.8 Å². The summed E-state index contributed by atoms with van der Waals surface area (Å²) in [6.07, 6.45) is 5.88. The standard InChI is InChI=1S/C40H36N4O.Pt/c1-25-16-27(3)39(28(4)17-25)29-23-42-43(24-29)31-18-26(2)19-33(21-31)45-32-12-13-35-34-10-8-9-11-36(34)44(37(35)22-32)38-20-30(14-15-41-38)40(5,6)7;/h8-20,23-24H,1-7H3;/q-2;+2. The van der Waals surface area contributed by atoms with Crippen molar-refractivity contribution in [2.24, 2.45) is 0 Å². The molecule has 46 heavy (non-hydrogen) atoms. The van der Waals surface area contributed by atoms with Crippen LogP contribution in [-0.2, 0) is 26.5 Å². The Bertz CT molecular complexity index is 2210. The van der Waals surface area contributed by atoms with Gasteiger partial charge in [-0.3, -0.25) is 4.68 Å². The van der Waals surface area contributed by atoms with Crippen molar-refractivity contribution in [2.75, 3.05) is 0 Å². The largest absolute Gasteiger partial charge is 2.00 e. The first-order valence-electron chi connectivity index (χ1n) is 15.3. The maximum atomic E-state index is 6.45. The van der Waals surface area contributed by atoms with Gasteiger partial charge in [0.2, 0.25) is 0 Å². The fourth-order valence-corrected chi connectivity index (χ4v) is 6.36. The molecule has 0 saturated carbocycles. The van der Waals surface area contributed by atoms with Crippen LogP contribution in [0.2, 0.25) is 0 Å². The van der Waals surface area contributed by atoms with E-state index in [4.69, 9.17) is 14.8 Å². The van der Waals surface area contributed by atoms with E-state index in [1.807, 2.05) is 29.2 Å². The van der Waals surface area contributed by atoms with Gasteiger partial charge >= 0.3 is 21.1 Å². The van der Waals surface area contributed by atoms with Gasteiger partial charge in [-0.2, -0.15) is 16.7 Å². The normalized spacial score (nSPS) is 11.6. The molecule has 6 heteroatoms. The third-order valence-electron chi connectivity index (χ3n) is 8.39. The predicted molar refractivity (Wildman–Crippen MR) is 183 cm³/mol. The molecule has 0 aliphatic carbocycles. The molecule has 4 aromatic carbocycles. The number of hydrogen-bond acceptors (Lipinski definition) is 3. The fourth-order valence-electron chi connectivity index (χ4n) is 6.36. The molecule has 7 aromatic rings. The number of rotatable bonds is 5. The van der Waals surface area contributed by atoms with Crippen LogP contribution in [0.25, 0.3) is 44.4 Å². The van der Waals surface area contributed by atoms with Crippen LogP contribution >= 0.6 is 0 Å². The molecule has 0 spiro atoms. The number of ether oxygens (including phenoxy) is 1. The van der Waals surface area contributed by atoms with Crippen LogP contribution in [0.15, 0.2) is 91.4 Å². The van der Waals surface area contributed by atoms with Crippen LogP contribution in [0.4, 0.5) is 0 Å². The Morgan fingerprint density at radius 1 is 0.761 bits per heavy atom. The smallest absolute Gasteiger partial charge is 0.509 e. The van der Waals surface area contributed by atoms with E-state index >= 15 is 0 Å². The molecule has 0 radical (unpaired) electrons. The average molecular weight is 784 g/mol. The van der Waals surface area contributed by atoms with E-state index in [9.17, 15) is 0 Å². The summed E-state index contributed by atoms with van der Waals surface area (Å²) >= 11 is 0. The van der Waals surface area contributed by atoms with Gasteiger partial charge in [-0.05, 0) is 77.7 Å². The summed E-state index contributed by atoms with van der Waals surface area (Å²) in [6, 6.07) is 32.3. The zero-order valence-electron chi connectivity index (χ0n) is 27.2. The van der Waals surface area contributed by atoms with Gasteiger partial charge in [0.25, 0.3) is 0 Å². The van der Waals surface area contributed by atoms with Crippen molar-refractivity contribution >= 4 is 21.8 Å². The molecule has 0 atom stereocenters. The maximum Gasteiger partial charge on any atom is 2.00 e. The second-order valence-corrected chi connectivity index (χ2v) is 13.0. The van der Waals surface area contributed by atoms with Crippen LogP contribution in [0.1, 0.15) is 48.6 Å². The average Bonchev–Trinajstić information content (AvgIpc) is 3.59. The van der Waals surface area contributed by atoms with Crippen molar-refractivity contribution in [2.45, 2.75) is 53.9 Å². The topological polar surface area (TPSA) is 44.9 Å². The van der Waals surface area contributed by atoms with E-state index in [2.05, 4.69) is 132 Å². The van der Waals surface area contributed by atoms with Crippen molar-refractivity contribution in [1.82, 2.24) is 19.3 Å². The second-order valence-electron chi connectivity index (χ2n) is 13.0. The van der Waals surface area contributed by atoms with Gasteiger partial charge in [0.1, 0.15) is 5.82 Å². The Labute approximate surface area is 285 Å². The molecular formula is C40H36N4OPt. The molecule has 0 unspecified atom stereocenters. The maximum absolute atomic E-state index is 6.45. The van der Waals surface area contributed by atoms with Crippen molar-refractivity contribution in [3.63, 3.8) is 0 Å². The zero-order valence-corrected chi connectivity index (χ0v) is 29.4. The minimum atomic E-state index is 0. The minimum Gasteiger partial charge on any atom is -0.509 e. The SMILES string of the molecule is Cc1cc(Oc2[c-]c3c(cc2)c2ccccc2n3-c2cc(C(C)(C)C)ccn2)[c-]c(-n2cc(-c3c(C)cc(C)cc3C)cn2)c1.[Pt+2]. The molecule has 5 nitrogen and oxygen atoms in total. The first kappa shape index (κ1) is 31.5. The van der Waals surface area contributed by atoms with Crippen LogP contribution in [-0.4, -0.2) is 19.3 Å². The van der Waals surface area contributed by atoms with E-state index < -0.39 is 0 Å². The summed E-state index contributed by atoms with van der Waals surface area (Å²) in [4.78, 5) is 4.79. The van der Waals surface area contributed by atoms with E-state index in [-0.39, 0.29) is 26.5 Å². The quantitative estimate of drug-likeness (QED) is 0.163. The van der Waals surface area contributed by atoms with Crippen LogP contribution in [0.5, 0.6) is 11.5 Å². The Hall–Kier alpha value is -4.47. The predicted octanol–water partition coefficient (Wildman–Crippen LogP) is 9.95. The van der Waals surface area contributed by atoms with Crippen molar-refractivity contribution in [1.29, 1.82) is 0 Å². The molecule has 0 aliphatic heterocycles. The van der Waals surface area contributed by atoms with Gasteiger partial charge in [0, 0.05) is 35.0 Å². The number of para-hydroxylation sites is 1. The van der Waals surface area contributed by atoms with E-state index in [0.717, 1.165) is 44.4 Å². The summed E-state index contributed by atoms with van der Waals surface area (Å²) in [5.74, 6) is 2.08. The Balaban J connectivity index is 0.00000372. The molecule has 0 fully saturated rings. The Morgan fingerprint density at radius 2 is 1.50 bits per heavy atom. The number of pyridine rings is 1. The number of benzene rings is 4. The van der Waals surface area contributed by atoms with E-state index in [0.29, 0.717) is 11.5 Å². The summed E-state index contributed by atoms with van der Waals surface area (Å²) in [5, 5.41) is 6.95. The second kappa shape index (κ2) is 12.0. The van der Waals surface area contributed by atoms with Gasteiger partial charge in [-0.25, -0.2) is 4.98 Å². The molecule has 3 heterocycles. The number of hydrogen-bond donors (Lipinski definition) is 0. The number of fused-ring (bicyclic) bond motifs is 3. The number of aromatic nitrogens is 4. The summed E-state index contributed by atoms with van der Waals surface area (Å²) in [6.45, 7) is 15.2. The van der Waals surface area contributed by atoms with Crippen LogP contribution < -0.4 is 4.74 Å². The summed E-state index contributed by atoms with van der Waals surface area (Å²) in [5.41, 5.74) is 11.1. The first-order valence-corrected chi connectivity index (χ1v) is 15.3. The van der Waals surface area contributed by atoms with Crippen molar-refractivity contribution in [3.8, 4) is 34.1 Å². The third-order valence-corrected chi connectivity index (χ3v) is 8.39. The van der Waals surface area contributed by atoms with Gasteiger partial charge in [0.15, 0.2) is 0 Å². The van der Waals surface area contributed by atoms with Gasteiger partial charge in [-0.1, -0.05) is 69.1 Å². The van der Waals surface area contributed by atoms with Crippen molar-refractivity contribution < 1.29 is 25.8 Å². The fraction of sp³-hybridized carbons (Fsp3) is 0.200. The molecule has 0 amide bonds. The van der Waals surface area contributed by atoms with Crippen molar-refractivity contribution in [3.05, 3.63) is 131 Å². The minimum absolute atomic E-state index is 0. The van der Waals surface area contributed by atoms with Gasteiger partial charge in [0.05, 0.1) is 6.20 Å². The molecule has 0 aliphatic rings. The Morgan fingerprint density at radius 3 is 2.26 bits per heavy atom. The van der Waals surface area contributed by atoms with Gasteiger partial charge < -0.3 is 9.30 Å². The summed E-state index contributed by atoms with van der Waals surface area (Å²) in [7, 11) is 0. The monoisotopic (exact) mass is 783 g/mol. The zero-order chi connectivity index (χ0) is 31.5. The summed E-state index contributed by atoms with van der Waals surface area (Å²) < 4.78 is 10.5. The van der Waals surface area contributed by atoms with Crippen LogP contribution in [0, 0.1) is 39.8 Å². The first-order chi connectivity index (χ1) is 21.5. The number of nitrogens with zero attached hydrogens (tertiary/aromatic N) is 4. The molecule has 0 bridgehead atoms. The van der Waals surface area contributed by atoms with Gasteiger partial charge in [-0.15, -0.1) is 35.7 Å². The third kappa shape index (κ3) is 5.81. The molecular weight excluding hydrogens is 748 g/mol. The Kier molecular flexibility index (Phi) is 8.25. The molecule has 0 saturated heterocycles. The molecule has 3 aromatic heterocycles. The van der Waals surface area contributed by atoms with E-state index in [1.54, 1.807) is 0 Å². The molecule has 232 valence electrons. The number of aryl methyl sites for hydroxylation is 4.